The van der Waals surface area contributed by atoms with Crippen LogP contribution in [0, 0.1) is 0 Å². The van der Waals surface area contributed by atoms with Gasteiger partial charge in [-0.15, -0.1) is 0 Å². The van der Waals surface area contributed by atoms with Crippen molar-refractivity contribution in [1.82, 2.24) is 9.88 Å². The fourth-order valence-corrected chi connectivity index (χ4v) is 3.40. The predicted octanol–water partition coefficient (Wildman–Crippen LogP) is 1.92. The van der Waals surface area contributed by atoms with Crippen LogP contribution in [0.5, 0.6) is 0 Å². The van der Waals surface area contributed by atoms with E-state index in [-0.39, 0.29) is 5.91 Å². The zero-order valence-corrected chi connectivity index (χ0v) is 13.3. The molecule has 6 nitrogen and oxygen atoms in total. The minimum Gasteiger partial charge on any atom is -0.479 e. The van der Waals surface area contributed by atoms with Crippen molar-refractivity contribution in [2.24, 2.45) is 0 Å². The second kappa shape index (κ2) is 6.41. The van der Waals surface area contributed by atoms with Gasteiger partial charge >= 0.3 is 5.97 Å². The number of ether oxygens (including phenoxy) is 1. The van der Waals surface area contributed by atoms with Crippen LogP contribution in [-0.4, -0.2) is 46.6 Å². The van der Waals surface area contributed by atoms with Crippen LogP contribution < -0.4 is 0 Å². The number of benzene rings is 1. The van der Waals surface area contributed by atoms with Gasteiger partial charge in [-0.2, -0.15) is 0 Å². The van der Waals surface area contributed by atoms with E-state index in [2.05, 4.69) is 4.98 Å². The van der Waals surface area contributed by atoms with E-state index in [1.165, 1.54) is 18.2 Å². The zero-order chi connectivity index (χ0) is 17.2. The van der Waals surface area contributed by atoms with Crippen LogP contribution in [0.3, 0.4) is 0 Å². The van der Waals surface area contributed by atoms with E-state index >= 15 is 0 Å². The summed E-state index contributed by atoms with van der Waals surface area (Å²) in [6, 6.07) is 12.0. The lowest BCUT2D eigenvalue weighted by molar-refractivity contribution is -0.155. The highest BCUT2D eigenvalue weighted by Crippen LogP contribution is 2.41. The highest BCUT2D eigenvalue weighted by molar-refractivity contribution is 5.99. The number of pyridine rings is 1. The SMILES string of the molecule is COC1CCN(C(=O)c2ccccc2)C1(C(=O)O)c1cccnc1. The number of hydrogen-bond donors (Lipinski definition) is 1. The Morgan fingerprint density at radius 3 is 2.58 bits per heavy atom. The summed E-state index contributed by atoms with van der Waals surface area (Å²) in [5.74, 6) is -1.45. The molecule has 0 aliphatic carbocycles. The maximum absolute atomic E-state index is 13.0. The van der Waals surface area contributed by atoms with E-state index in [4.69, 9.17) is 4.74 Å². The van der Waals surface area contributed by atoms with E-state index in [0.29, 0.717) is 24.1 Å². The topological polar surface area (TPSA) is 79.7 Å². The van der Waals surface area contributed by atoms with Crippen LogP contribution in [-0.2, 0) is 15.1 Å². The molecule has 1 aromatic heterocycles. The highest BCUT2D eigenvalue weighted by atomic mass is 16.5. The number of likely N-dealkylation sites (tertiary alicyclic amines) is 1. The number of carbonyl (C=O) groups is 2. The summed E-state index contributed by atoms with van der Waals surface area (Å²) in [5.41, 5.74) is -0.703. The third-order valence-corrected chi connectivity index (χ3v) is 4.48. The summed E-state index contributed by atoms with van der Waals surface area (Å²) in [6.07, 6.45) is 2.85. The lowest BCUT2D eigenvalue weighted by Gasteiger charge is -2.38. The van der Waals surface area contributed by atoms with Gasteiger partial charge in [0.1, 0.15) is 0 Å². The second-order valence-electron chi connectivity index (χ2n) is 5.65. The van der Waals surface area contributed by atoms with Gasteiger partial charge < -0.3 is 14.7 Å². The molecule has 2 unspecified atom stereocenters. The average Bonchev–Trinajstić information content (AvgIpc) is 3.03. The molecule has 124 valence electrons. The largest absolute Gasteiger partial charge is 0.479 e. The van der Waals surface area contributed by atoms with Crippen LogP contribution in [0.15, 0.2) is 54.9 Å². The Hall–Kier alpha value is -2.73. The number of nitrogens with zero attached hydrogens (tertiary/aromatic N) is 2. The third-order valence-electron chi connectivity index (χ3n) is 4.48. The zero-order valence-electron chi connectivity index (χ0n) is 13.3. The van der Waals surface area contributed by atoms with Crippen molar-refractivity contribution in [3.8, 4) is 0 Å². The van der Waals surface area contributed by atoms with Crippen molar-refractivity contribution in [3.05, 3.63) is 66.0 Å². The molecule has 2 aromatic rings. The summed E-state index contributed by atoms with van der Waals surface area (Å²) < 4.78 is 5.46. The number of hydrogen-bond acceptors (Lipinski definition) is 4. The number of aromatic nitrogens is 1. The van der Waals surface area contributed by atoms with Gasteiger partial charge in [-0.25, -0.2) is 4.79 Å². The Morgan fingerprint density at radius 2 is 2.00 bits per heavy atom. The first-order chi connectivity index (χ1) is 11.6. The van der Waals surface area contributed by atoms with E-state index < -0.39 is 17.6 Å². The molecule has 1 amide bonds. The molecule has 1 aromatic carbocycles. The van der Waals surface area contributed by atoms with Crippen LogP contribution in [0.2, 0.25) is 0 Å². The maximum Gasteiger partial charge on any atom is 0.337 e. The smallest absolute Gasteiger partial charge is 0.337 e. The van der Waals surface area contributed by atoms with E-state index in [9.17, 15) is 14.7 Å². The minimum absolute atomic E-state index is 0.299. The Morgan fingerprint density at radius 1 is 1.25 bits per heavy atom. The Labute approximate surface area is 139 Å². The second-order valence-corrected chi connectivity index (χ2v) is 5.65. The minimum atomic E-state index is -1.59. The van der Waals surface area contributed by atoms with Gasteiger partial charge in [0.2, 0.25) is 0 Å². The number of amides is 1. The molecule has 1 aliphatic rings. The third kappa shape index (κ3) is 2.35. The molecule has 1 N–H and O–H groups in total. The lowest BCUT2D eigenvalue weighted by atomic mass is 9.85. The van der Waals surface area contributed by atoms with Gasteiger partial charge in [0.05, 0.1) is 6.10 Å². The van der Waals surface area contributed by atoms with Crippen molar-refractivity contribution in [1.29, 1.82) is 0 Å². The number of aliphatic carboxylic acids is 1. The number of methoxy groups -OCH3 is 1. The fourth-order valence-electron chi connectivity index (χ4n) is 3.40. The molecule has 2 atom stereocenters. The van der Waals surface area contributed by atoms with Crippen LogP contribution >= 0.6 is 0 Å². The van der Waals surface area contributed by atoms with Crippen molar-refractivity contribution < 1.29 is 19.4 Å². The molecule has 2 heterocycles. The number of rotatable bonds is 4. The summed E-state index contributed by atoms with van der Waals surface area (Å²) in [5, 5.41) is 10.1. The van der Waals surface area contributed by atoms with Gasteiger partial charge in [0.15, 0.2) is 5.54 Å². The van der Waals surface area contributed by atoms with Gasteiger partial charge in [-0.3, -0.25) is 9.78 Å². The van der Waals surface area contributed by atoms with E-state index in [0.717, 1.165) is 0 Å². The number of carboxylic acid groups (broad SMARTS) is 1. The molecule has 24 heavy (non-hydrogen) atoms. The highest BCUT2D eigenvalue weighted by Gasteiger charge is 2.58. The van der Waals surface area contributed by atoms with E-state index in [1.54, 1.807) is 42.6 Å². The molecule has 0 bridgehead atoms. The van der Waals surface area contributed by atoms with Gasteiger partial charge in [0, 0.05) is 37.2 Å². The van der Waals surface area contributed by atoms with Gasteiger partial charge in [-0.1, -0.05) is 24.3 Å². The summed E-state index contributed by atoms with van der Waals surface area (Å²) in [6.45, 7) is 0.299. The van der Waals surface area contributed by atoms with Crippen molar-refractivity contribution in [2.75, 3.05) is 13.7 Å². The van der Waals surface area contributed by atoms with Crippen LogP contribution in [0.1, 0.15) is 22.3 Å². The number of carboxylic acids is 1. The molecular weight excluding hydrogens is 308 g/mol. The average molecular weight is 326 g/mol. The summed E-state index contributed by atoms with van der Waals surface area (Å²) in [7, 11) is 1.47. The van der Waals surface area contributed by atoms with Crippen molar-refractivity contribution in [2.45, 2.75) is 18.1 Å². The molecule has 0 radical (unpaired) electrons. The molecule has 1 saturated heterocycles. The van der Waals surface area contributed by atoms with Crippen LogP contribution in [0.25, 0.3) is 0 Å². The Bertz CT molecular complexity index is 735. The standard InChI is InChI=1S/C18H18N2O4/c1-24-15-9-11-20(16(21)13-6-3-2-4-7-13)18(15,17(22)23)14-8-5-10-19-12-14/h2-8,10,12,15H,9,11H2,1H3,(H,22,23). The Balaban J connectivity index is 2.14. The predicted molar refractivity (Wildman–Crippen MR) is 86.4 cm³/mol. The van der Waals surface area contributed by atoms with Crippen molar-refractivity contribution >= 4 is 11.9 Å². The van der Waals surface area contributed by atoms with Gasteiger partial charge in [0.25, 0.3) is 5.91 Å². The normalized spacial score (nSPS) is 23.2. The van der Waals surface area contributed by atoms with Crippen LogP contribution in [0.4, 0.5) is 0 Å². The quantitative estimate of drug-likeness (QED) is 0.928. The molecule has 3 rings (SSSR count). The summed E-state index contributed by atoms with van der Waals surface area (Å²) >= 11 is 0. The molecule has 0 saturated carbocycles. The summed E-state index contributed by atoms with van der Waals surface area (Å²) in [4.78, 5) is 30.7. The van der Waals surface area contributed by atoms with E-state index in [1.807, 2.05) is 6.07 Å². The lowest BCUT2D eigenvalue weighted by Crippen LogP contribution is -2.56. The fraction of sp³-hybridized carbons (Fsp3) is 0.278. The number of carbonyl (C=O) groups excluding carboxylic acids is 1. The first-order valence-electron chi connectivity index (χ1n) is 7.66. The molecule has 1 aliphatic heterocycles. The van der Waals surface area contributed by atoms with Crippen molar-refractivity contribution in [3.63, 3.8) is 0 Å². The molecule has 0 spiro atoms. The molecular formula is C18H18N2O4. The Kier molecular flexibility index (Phi) is 4.31. The first kappa shape index (κ1) is 16.1. The first-order valence-corrected chi connectivity index (χ1v) is 7.66. The van der Waals surface area contributed by atoms with Gasteiger partial charge in [-0.05, 0) is 24.6 Å². The molecule has 6 heteroatoms. The molecule has 1 fully saturated rings. The monoisotopic (exact) mass is 326 g/mol. The maximum atomic E-state index is 13.0.